The van der Waals surface area contributed by atoms with Crippen LogP contribution in [0.2, 0.25) is 0 Å². The molecular weight excluding hydrogens is 427 g/mol. The molecule has 0 radical (unpaired) electrons. The van der Waals surface area contributed by atoms with Crippen molar-refractivity contribution >= 4 is 22.7 Å². The van der Waals surface area contributed by atoms with Gasteiger partial charge >= 0.3 is 0 Å². The summed E-state index contributed by atoms with van der Waals surface area (Å²) in [5, 5.41) is 0. The van der Waals surface area contributed by atoms with Gasteiger partial charge in [-0.2, -0.15) is 0 Å². The number of hydrogen-bond acceptors (Lipinski definition) is 4. The van der Waals surface area contributed by atoms with Crippen LogP contribution in [-0.2, 0) is 10.9 Å². The van der Waals surface area contributed by atoms with Gasteiger partial charge in [-0.05, 0) is 72.3 Å². The number of ether oxygens (including phenoxy) is 1. The largest absolute Gasteiger partial charge is 0.457 e. The average Bonchev–Trinajstić information content (AvgIpc) is 2.81. The van der Waals surface area contributed by atoms with Crippen molar-refractivity contribution in [1.82, 2.24) is 9.71 Å². The number of nitrogens with zero attached hydrogens (tertiary/aromatic N) is 1. The van der Waals surface area contributed by atoms with Crippen molar-refractivity contribution in [2.45, 2.75) is 0 Å². The van der Waals surface area contributed by atoms with Gasteiger partial charge in [0, 0.05) is 5.56 Å². The summed E-state index contributed by atoms with van der Waals surface area (Å²) < 4.78 is 43.9. The van der Waals surface area contributed by atoms with Crippen LogP contribution in [0.1, 0.15) is 11.3 Å². The highest BCUT2D eigenvalue weighted by Crippen LogP contribution is 2.26. The Bertz CT molecular complexity index is 1300. The second kappa shape index (κ2) is 9.89. The first-order valence-electron chi connectivity index (χ1n) is 9.76. The summed E-state index contributed by atoms with van der Waals surface area (Å²) in [6.45, 7) is 0. The van der Waals surface area contributed by atoms with E-state index >= 15 is 0 Å². The average molecular weight is 447 g/mol. The summed E-state index contributed by atoms with van der Waals surface area (Å²) in [6.07, 6.45) is 1.73. The molecule has 1 heterocycles. The van der Waals surface area contributed by atoms with Gasteiger partial charge in [-0.1, -0.05) is 36.4 Å². The SMILES string of the molecule is O=[SH](=O)N/C(=C\c1ccccc1)c1cccc(-c2ccc(Oc3ccc(F)cc3)cc2)n1. The number of nitrogens with one attached hydrogen (secondary N) is 1. The highest BCUT2D eigenvalue weighted by atomic mass is 32.2. The quantitative estimate of drug-likeness (QED) is 0.378. The second-order valence-electron chi connectivity index (χ2n) is 6.83. The fourth-order valence-corrected chi connectivity index (χ4v) is 3.43. The second-order valence-corrected chi connectivity index (χ2v) is 7.56. The summed E-state index contributed by atoms with van der Waals surface area (Å²) in [5.74, 6) is 0.814. The third-order valence-corrected chi connectivity index (χ3v) is 4.97. The lowest BCUT2D eigenvalue weighted by atomic mass is 10.1. The summed E-state index contributed by atoms with van der Waals surface area (Å²) in [4.78, 5) is 4.64. The monoisotopic (exact) mass is 446 g/mol. The van der Waals surface area contributed by atoms with E-state index in [-0.39, 0.29) is 5.82 Å². The minimum absolute atomic E-state index is 0.324. The lowest BCUT2D eigenvalue weighted by Gasteiger charge is -2.10. The topological polar surface area (TPSA) is 68.3 Å². The van der Waals surface area contributed by atoms with Crippen LogP contribution >= 0.6 is 0 Å². The van der Waals surface area contributed by atoms with E-state index in [1.807, 2.05) is 54.6 Å². The van der Waals surface area contributed by atoms with Crippen molar-refractivity contribution in [2.24, 2.45) is 0 Å². The van der Waals surface area contributed by atoms with Crippen LogP contribution in [0, 0.1) is 5.82 Å². The number of thiol groups is 1. The summed E-state index contributed by atoms with van der Waals surface area (Å²) in [5.41, 5.74) is 3.24. The summed E-state index contributed by atoms with van der Waals surface area (Å²) in [7, 11) is -2.85. The molecule has 0 aliphatic carbocycles. The number of hydrogen-bond donors (Lipinski definition) is 2. The number of pyridine rings is 1. The Kier molecular flexibility index (Phi) is 6.57. The zero-order valence-corrected chi connectivity index (χ0v) is 17.7. The third kappa shape index (κ3) is 5.59. The molecule has 0 amide bonds. The lowest BCUT2D eigenvalue weighted by Crippen LogP contribution is -2.11. The van der Waals surface area contributed by atoms with Crippen LogP contribution in [0.5, 0.6) is 11.5 Å². The molecule has 1 aromatic heterocycles. The van der Waals surface area contributed by atoms with Crippen molar-refractivity contribution in [2.75, 3.05) is 0 Å². The van der Waals surface area contributed by atoms with Gasteiger partial charge in [-0.15, -0.1) is 0 Å². The Balaban J connectivity index is 1.60. The van der Waals surface area contributed by atoms with E-state index in [0.29, 0.717) is 28.6 Å². The maximum absolute atomic E-state index is 13.0. The van der Waals surface area contributed by atoms with Gasteiger partial charge in [-0.3, -0.25) is 4.72 Å². The third-order valence-electron chi connectivity index (χ3n) is 4.55. The van der Waals surface area contributed by atoms with Gasteiger partial charge in [-0.25, -0.2) is 17.8 Å². The number of benzene rings is 3. The van der Waals surface area contributed by atoms with E-state index in [9.17, 15) is 12.8 Å². The van der Waals surface area contributed by atoms with E-state index in [4.69, 9.17) is 4.74 Å². The molecule has 0 saturated carbocycles. The van der Waals surface area contributed by atoms with Gasteiger partial charge in [0.1, 0.15) is 17.3 Å². The Morgan fingerprint density at radius 3 is 2.12 bits per heavy atom. The van der Waals surface area contributed by atoms with Crippen LogP contribution in [0.4, 0.5) is 4.39 Å². The molecule has 1 N–H and O–H groups in total. The van der Waals surface area contributed by atoms with Crippen molar-refractivity contribution in [3.05, 3.63) is 114 Å². The fraction of sp³-hybridized carbons (Fsp3) is 0. The predicted octanol–water partition coefficient (Wildman–Crippen LogP) is 5.29. The highest BCUT2D eigenvalue weighted by molar-refractivity contribution is 7.70. The van der Waals surface area contributed by atoms with Gasteiger partial charge in [0.25, 0.3) is 0 Å². The van der Waals surface area contributed by atoms with Crippen LogP contribution in [0.3, 0.4) is 0 Å². The first-order chi connectivity index (χ1) is 15.6. The molecule has 0 spiro atoms. The maximum Gasteiger partial charge on any atom is 0.222 e. The Labute approximate surface area is 186 Å². The molecule has 160 valence electrons. The highest BCUT2D eigenvalue weighted by Gasteiger charge is 2.08. The molecule has 7 heteroatoms. The molecule has 0 fully saturated rings. The summed E-state index contributed by atoms with van der Waals surface area (Å²) in [6, 6.07) is 27.9. The molecular formula is C25H19FN2O3S. The van der Waals surface area contributed by atoms with Crippen LogP contribution < -0.4 is 9.46 Å². The minimum atomic E-state index is -2.85. The molecule has 3 aromatic carbocycles. The van der Waals surface area contributed by atoms with E-state index in [1.54, 1.807) is 36.4 Å². The molecule has 5 nitrogen and oxygen atoms in total. The van der Waals surface area contributed by atoms with E-state index in [0.717, 1.165) is 11.1 Å². The van der Waals surface area contributed by atoms with Gasteiger partial charge in [0.2, 0.25) is 10.9 Å². The lowest BCUT2D eigenvalue weighted by molar-refractivity contribution is 0.480. The van der Waals surface area contributed by atoms with Gasteiger partial charge in [0.15, 0.2) is 0 Å². The predicted molar refractivity (Wildman–Crippen MR) is 124 cm³/mol. The first kappa shape index (κ1) is 21.3. The van der Waals surface area contributed by atoms with Crippen molar-refractivity contribution in [3.63, 3.8) is 0 Å². The van der Waals surface area contributed by atoms with Crippen molar-refractivity contribution < 1.29 is 17.5 Å². The Hall–Kier alpha value is -3.97. The van der Waals surface area contributed by atoms with Gasteiger partial charge in [0.05, 0.1) is 17.1 Å². The Morgan fingerprint density at radius 2 is 1.47 bits per heavy atom. The minimum Gasteiger partial charge on any atom is -0.457 e. The van der Waals surface area contributed by atoms with E-state index < -0.39 is 10.9 Å². The first-order valence-corrected chi connectivity index (χ1v) is 10.9. The zero-order chi connectivity index (χ0) is 22.3. The molecule has 0 unspecified atom stereocenters. The molecule has 4 rings (SSSR count). The molecule has 0 atom stereocenters. The smallest absolute Gasteiger partial charge is 0.222 e. The van der Waals surface area contributed by atoms with Crippen LogP contribution in [-0.4, -0.2) is 13.4 Å². The number of halogens is 1. The number of aromatic nitrogens is 1. The van der Waals surface area contributed by atoms with E-state index in [2.05, 4.69) is 9.71 Å². The normalized spacial score (nSPS) is 11.4. The standard InChI is InChI=1S/C25H19FN2O3S/c26-20-11-15-22(16-12-20)31-21-13-9-19(10-14-21)23-7-4-8-24(27-23)25(28-32(29)30)17-18-5-2-1-3-6-18/h1-17,32H,(H,28,29,30)/b25-17-. The summed E-state index contributed by atoms with van der Waals surface area (Å²) >= 11 is 0. The maximum atomic E-state index is 13.0. The van der Waals surface area contributed by atoms with Crippen molar-refractivity contribution in [1.29, 1.82) is 0 Å². The van der Waals surface area contributed by atoms with Crippen molar-refractivity contribution in [3.8, 4) is 22.8 Å². The van der Waals surface area contributed by atoms with E-state index in [1.165, 1.54) is 12.1 Å². The molecule has 0 aliphatic rings. The van der Waals surface area contributed by atoms with Crippen LogP contribution in [0.15, 0.2) is 97.1 Å². The molecule has 0 saturated heterocycles. The molecule has 32 heavy (non-hydrogen) atoms. The van der Waals surface area contributed by atoms with Gasteiger partial charge < -0.3 is 4.74 Å². The number of rotatable bonds is 7. The Morgan fingerprint density at radius 1 is 0.812 bits per heavy atom. The fourth-order valence-electron chi connectivity index (χ4n) is 3.06. The molecule has 0 bridgehead atoms. The van der Waals surface area contributed by atoms with Crippen LogP contribution in [0.25, 0.3) is 23.0 Å². The molecule has 4 aromatic rings. The molecule has 0 aliphatic heterocycles. The zero-order valence-electron chi connectivity index (χ0n) is 16.8.